The van der Waals surface area contributed by atoms with E-state index in [2.05, 4.69) is 82.7 Å². The van der Waals surface area contributed by atoms with Gasteiger partial charge in [-0.15, -0.1) is 0 Å². The lowest BCUT2D eigenvalue weighted by atomic mass is 9.84. The van der Waals surface area contributed by atoms with Gasteiger partial charge in [0.15, 0.2) is 0 Å². The summed E-state index contributed by atoms with van der Waals surface area (Å²) in [4.78, 5) is 0. The Morgan fingerprint density at radius 1 is 0.783 bits per heavy atom. The third-order valence-electron chi connectivity index (χ3n) is 4.89. The third-order valence-corrected chi connectivity index (χ3v) is 5.80. The second-order valence-electron chi connectivity index (χ2n) is 6.26. The van der Waals surface area contributed by atoms with Crippen molar-refractivity contribution in [2.24, 2.45) is 0 Å². The molecule has 23 heavy (non-hydrogen) atoms. The quantitative estimate of drug-likeness (QED) is 0.296. The number of fused-ring (bicyclic) bond motifs is 4. The van der Waals surface area contributed by atoms with Crippen molar-refractivity contribution in [3.05, 3.63) is 93.5 Å². The first kappa shape index (κ1) is 13.3. The molecule has 0 aromatic heterocycles. The molecule has 0 saturated carbocycles. The van der Waals surface area contributed by atoms with Crippen LogP contribution in [-0.4, -0.2) is 0 Å². The Hall–Kier alpha value is -2.12. The monoisotopic (exact) mass is 357 g/mol. The highest BCUT2D eigenvalue weighted by Crippen LogP contribution is 2.38. The van der Waals surface area contributed by atoms with Gasteiger partial charge < -0.3 is 0 Å². The topological polar surface area (TPSA) is 0 Å². The lowest BCUT2D eigenvalue weighted by Gasteiger charge is -2.22. The molecule has 0 amide bonds. The van der Waals surface area contributed by atoms with Gasteiger partial charge in [-0.1, -0.05) is 48.5 Å². The van der Waals surface area contributed by atoms with E-state index >= 15 is 0 Å². The highest BCUT2D eigenvalue weighted by molar-refractivity contribution is 9.10. The maximum atomic E-state index is 3.89. The van der Waals surface area contributed by atoms with E-state index in [-0.39, 0.29) is 0 Å². The standard InChI is InChI=1S/C22H14Br/c23-22-20-12-16-7-3-1-5-14(16)9-18(20)11-19-10-15-6-2-4-8-17(15)13-21(19)22/h1-9,12H,10,13H2. The van der Waals surface area contributed by atoms with Crippen LogP contribution in [0.2, 0.25) is 0 Å². The van der Waals surface area contributed by atoms with E-state index in [4.69, 9.17) is 0 Å². The van der Waals surface area contributed by atoms with Gasteiger partial charge in [0.05, 0.1) is 0 Å². The Bertz CT molecular complexity index is 1080. The molecule has 0 aliphatic heterocycles. The number of hydrogen-bond acceptors (Lipinski definition) is 0. The van der Waals surface area contributed by atoms with Crippen LogP contribution in [0.15, 0.2) is 65.1 Å². The molecule has 1 aliphatic carbocycles. The summed E-state index contributed by atoms with van der Waals surface area (Å²) >= 11 is 3.89. The van der Waals surface area contributed by atoms with Crippen molar-refractivity contribution >= 4 is 37.5 Å². The predicted molar refractivity (Wildman–Crippen MR) is 100 cm³/mol. The summed E-state index contributed by atoms with van der Waals surface area (Å²) in [6, 6.07) is 25.5. The Morgan fingerprint density at radius 2 is 1.43 bits per heavy atom. The lowest BCUT2D eigenvalue weighted by Crippen LogP contribution is -2.08. The minimum atomic E-state index is 0.979. The predicted octanol–water partition coefficient (Wildman–Crippen LogP) is 6.05. The summed E-state index contributed by atoms with van der Waals surface area (Å²) in [6.45, 7) is 0. The van der Waals surface area contributed by atoms with Gasteiger partial charge in [0.1, 0.15) is 0 Å². The average Bonchev–Trinajstić information content (AvgIpc) is 2.59. The summed E-state index contributed by atoms with van der Waals surface area (Å²) in [5.74, 6) is 0. The van der Waals surface area contributed by atoms with E-state index in [1.807, 2.05) is 0 Å². The van der Waals surface area contributed by atoms with Crippen molar-refractivity contribution in [3.63, 3.8) is 0 Å². The van der Waals surface area contributed by atoms with Crippen molar-refractivity contribution < 1.29 is 0 Å². The van der Waals surface area contributed by atoms with Crippen LogP contribution in [0.4, 0.5) is 0 Å². The molecule has 0 nitrogen and oxygen atoms in total. The molecular weight excluding hydrogens is 344 g/mol. The van der Waals surface area contributed by atoms with Crippen LogP contribution in [-0.2, 0) is 12.8 Å². The zero-order chi connectivity index (χ0) is 15.4. The first-order chi connectivity index (χ1) is 11.3. The number of rotatable bonds is 0. The Kier molecular flexibility index (Phi) is 2.86. The molecule has 5 rings (SSSR count). The molecule has 0 atom stereocenters. The molecule has 0 saturated heterocycles. The van der Waals surface area contributed by atoms with E-state index in [1.165, 1.54) is 48.3 Å². The van der Waals surface area contributed by atoms with Crippen LogP contribution in [0.5, 0.6) is 0 Å². The van der Waals surface area contributed by atoms with Gasteiger partial charge >= 0.3 is 0 Å². The minimum absolute atomic E-state index is 0.979. The molecular formula is C22H14Br. The first-order valence-corrected chi connectivity index (χ1v) is 8.71. The fourth-order valence-electron chi connectivity index (χ4n) is 3.68. The second kappa shape index (κ2) is 4.94. The fraction of sp³-hybridized carbons (Fsp3) is 0.0909. The zero-order valence-electron chi connectivity index (χ0n) is 12.6. The second-order valence-corrected chi connectivity index (χ2v) is 7.06. The summed E-state index contributed by atoms with van der Waals surface area (Å²) in [7, 11) is 0. The van der Waals surface area contributed by atoms with Crippen molar-refractivity contribution in [3.8, 4) is 0 Å². The van der Waals surface area contributed by atoms with Crippen LogP contribution in [0.3, 0.4) is 0 Å². The van der Waals surface area contributed by atoms with Crippen LogP contribution >= 0.6 is 15.9 Å². The lowest BCUT2D eigenvalue weighted by molar-refractivity contribution is 0.998. The van der Waals surface area contributed by atoms with Crippen LogP contribution < -0.4 is 0 Å². The zero-order valence-corrected chi connectivity index (χ0v) is 14.2. The van der Waals surface area contributed by atoms with Crippen molar-refractivity contribution in [1.29, 1.82) is 0 Å². The molecule has 1 radical (unpaired) electrons. The van der Waals surface area contributed by atoms with Gasteiger partial charge in [-0.2, -0.15) is 0 Å². The van der Waals surface area contributed by atoms with Gasteiger partial charge in [-0.05, 0) is 90.8 Å². The van der Waals surface area contributed by atoms with Crippen LogP contribution in [0, 0.1) is 6.07 Å². The first-order valence-electron chi connectivity index (χ1n) is 7.91. The van der Waals surface area contributed by atoms with Gasteiger partial charge in [0.25, 0.3) is 0 Å². The van der Waals surface area contributed by atoms with Crippen molar-refractivity contribution in [2.75, 3.05) is 0 Å². The maximum Gasteiger partial charge on any atom is 0.0292 e. The van der Waals surface area contributed by atoms with Gasteiger partial charge in [-0.25, -0.2) is 0 Å². The molecule has 1 aliphatic rings. The normalized spacial score (nSPS) is 13.1. The molecule has 0 N–H and O–H groups in total. The molecule has 4 aromatic rings. The van der Waals surface area contributed by atoms with Crippen molar-refractivity contribution in [2.45, 2.75) is 12.8 Å². The van der Waals surface area contributed by atoms with E-state index in [0.717, 1.165) is 12.8 Å². The maximum absolute atomic E-state index is 3.89. The van der Waals surface area contributed by atoms with Crippen molar-refractivity contribution in [1.82, 2.24) is 0 Å². The van der Waals surface area contributed by atoms with Gasteiger partial charge in [-0.3, -0.25) is 0 Å². The minimum Gasteiger partial charge on any atom is -0.0620 e. The summed E-state index contributed by atoms with van der Waals surface area (Å²) in [5, 5.41) is 5.03. The number of hydrogen-bond donors (Lipinski definition) is 0. The highest BCUT2D eigenvalue weighted by Gasteiger charge is 2.19. The summed E-state index contributed by atoms with van der Waals surface area (Å²) in [6.07, 6.45) is 1.97. The summed E-state index contributed by atoms with van der Waals surface area (Å²) < 4.78 is 1.24. The smallest absolute Gasteiger partial charge is 0.0292 e. The molecule has 0 heterocycles. The Labute approximate surface area is 143 Å². The van der Waals surface area contributed by atoms with Crippen LogP contribution in [0.1, 0.15) is 22.3 Å². The molecule has 1 heteroatoms. The molecule has 0 spiro atoms. The van der Waals surface area contributed by atoms with Crippen LogP contribution in [0.25, 0.3) is 21.5 Å². The third kappa shape index (κ3) is 2.04. The van der Waals surface area contributed by atoms with E-state index in [1.54, 1.807) is 0 Å². The summed E-state index contributed by atoms with van der Waals surface area (Å²) in [5.41, 5.74) is 5.60. The van der Waals surface area contributed by atoms with E-state index in [9.17, 15) is 0 Å². The molecule has 0 fully saturated rings. The molecule has 0 unspecified atom stereocenters. The van der Waals surface area contributed by atoms with Gasteiger partial charge in [0, 0.05) is 4.47 Å². The average molecular weight is 358 g/mol. The molecule has 109 valence electrons. The van der Waals surface area contributed by atoms with E-state index in [0.29, 0.717) is 0 Å². The highest BCUT2D eigenvalue weighted by atomic mass is 79.9. The SMILES string of the molecule is Brc1c2c([c]c3cc4ccccc4cc13)Cc1ccccc1C2. The molecule has 0 bridgehead atoms. The number of benzene rings is 4. The Morgan fingerprint density at radius 3 is 2.22 bits per heavy atom. The van der Waals surface area contributed by atoms with E-state index < -0.39 is 0 Å². The molecule has 4 aromatic carbocycles. The van der Waals surface area contributed by atoms with Gasteiger partial charge in [0.2, 0.25) is 0 Å². The largest absolute Gasteiger partial charge is 0.0620 e. The fourth-order valence-corrected chi connectivity index (χ4v) is 4.38. The Balaban J connectivity index is 1.80. The number of halogens is 1.